The molecule has 23 heavy (non-hydrogen) atoms. The van der Waals surface area contributed by atoms with E-state index >= 15 is 0 Å². The zero-order chi connectivity index (χ0) is 17.2. The Kier molecular flexibility index (Phi) is 7.66. The Labute approximate surface area is 135 Å². The van der Waals surface area contributed by atoms with Crippen molar-refractivity contribution in [3.8, 4) is 0 Å². The molecule has 0 heterocycles. The molecule has 5 nitrogen and oxygen atoms in total. The molecule has 5 N–H and O–H groups in total. The van der Waals surface area contributed by atoms with Gasteiger partial charge in [0, 0.05) is 5.56 Å². The summed E-state index contributed by atoms with van der Waals surface area (Å²) in [6.45, 7) is 1.42. The van der Waals surface area contributed by atoms with Crippen LogP contribution in [-0.2, 0) is 11.2 Å². The van der Waals surface area contributed by atoms with Crippen LogP contribution < -0.4 is 11.5 Å². The highest BCUT2D eigenvalue weighted by Crippen LogP contribution is 2.07. The van der Waals surface area contributed by atoms with Crippen LogP contribution >= 0.6 is 0 Å². The van der Waals surface area contributed by atoms with Crippen molar-refractivity contribution in [3.05, 3.63) is 71.8 Å². The van der Waals surface area contributed by atoms with Gasteiger partial charge in [-0.25, -0.2) is 0 Å². The Morgan fingerprint density at radius 3 is 1.83 bits per heavy atom. The number of carbonyl (C=O) groups excluding carboxylic acids is 1. The Morgan fingerprint density at radius 2 is 1.39 bits per heavy atom. The van der Waals surface area contributed by atoms with Crippen LogP contribution in [0.1, 0.15) is 22.8 Å². The number of carbonyl (C=O) groups is 2. The van der Waals surface area contributed by atoms with Gasteiger partial charge in [-0.15, -0.1) is 0 Å². The topological polar surface area (TPSA) is 106 Å². The van der Waals surface area contributed by atoms with Crippen LogP contribution in [0.3, 0.4) is 0 Å². The summed E-state index contributed by atoms with van der Waals surface area (Å²) in [6, 6.07) is 17.8. The number of Topliss-reactive ketones (excluding diaryl/α,β-unsaturated/α-hetero) is 1. The average molecular weight is 314 g/mol. The van der Waals surface area contributed by atoms with Gasteiger partial charge in [0.05, 0.1) is 6.04 Å². The molecular formula is C18H22N2O3. The standard InChI is InChI=1S/C15H15NO.C3H7NO2/c16-14(11-12-7-3-1-4-8-12)15(17)13-9-5-2-6-10-13;1-2(4)3(5)6/h1-10,14H,11,16H2;2H,4H2,1H3,(H,5,6). The molecule has 2 unspecified atom stereocenters. The Morgan fingerprint density at radius 1 is 0.957 bits per heavy atom. The van der Waals surface area contributed by atoms with Crippen molar-refractivity contribution in [3.63, 3.8) is 0 Å². The predicted octanol–water partition coefficient (Wildman–Crippen LogP) is 1.86. The van der Waals surface area contributed by atoms with Gasteiger partial charge < -0.3 is 16.6 Å². The Balaban J connectivity index is 0.000000379. The van der Waals surface area contributed by atoms with Crippen molar-refractivity contribution in [2.45, 2.75) is 25.4 Å². The van der Waals surface area contributed by atoms with E-state index in [0.717, 1.165) is 5.56 Å². The van der Waals surface area contributed by atoms with Crippen LogP contribution in [0.4, 0.5) is 0 Å². The number of rotatable bonds is 5. The van der Waals surface area contributed by atoms with E-state index < -0.39 is 18.1 Å². The van der Waals surface area contributed by atoms with E-state index in [-0.39, 0.29) is 5.78 Å². The summed E-state index contributed by atoms with van der Waals surface area (Å²) in [5, 5.41) is 7.87. The molecular weight excluding hydrogens is 292 g/mol. The maximum Gasteiger partial charge on any atom is 0.320 e. The third-order valence-electron chi connectivity index (χ3n) is 3.08. The summed E-state index contributed by atoms with van der Waals surface area (Å²) in [5.41, 5.74) is 12.5. The summed E-state index contributed by atoms with van der Waals surface area (Å²) in [7, 11) is 0. The van der Waals surface area contributed by atoms with E-state index in [2.05, 4.69) is 0 Å². The van der Waals surface area contributed by atoms with Gasteiger partial charge in [-0.05, 0) is 18.9 Å². The van der Waals surface area contributed by atoms with E-state index in [1.807, 2.05) is 48.5 Å². The minimum atomic E-state index is -0.963. The van der Waals surface area contributed by atoms with Crippen LogP contribution in [0.5, 0.6) is 0 Å². The Hall–Kier alpha value is -2.50. The number of hydrogen-bond acceptors (Lipinski definition) is 4. The fraction of sp³-hybridized carbons (Fsp3) is 0.222. The lowest BCUT2D eigenvalue weighted by Crippen LogP contribution is -2.32. The molecule has 0 saturated heterocycles. The second kappa shape index (κ2) is 9.50. The van der Waals surface area contributed by atoms with Gasteiger partial charge in [-0.2, -0.15) is 0 Å². The third kappa shape index (κ3) is 6.86. The number of aliphatic carboxylic acids is 1. The summed E-state index contributed by atoms with van der Waals surface area (Å²) in [6.07, 6.45) is 0.578. The fourth-order valence-electron chi connectivity index (χ4n) is 1.78. The van der Waals surface area contributed by atoms with Gasteiger partial charge in [0.15, 0.2) is 5.78 Å². The number of nitrogens with two attached hydrogens (primary N) is 2. The van der Waals surface area contributed by atoms with Crippen LogP contribution in [0.2, 0.25) is 0 Å². The van der Waals surface area contributed by atoms with Crippen molar-refractivity contribution < 1.29 is 14.7 Å². The van der Waals surface area contributed by atoms with Crippen molar-refractivity contribution in [1.29, 1.82) is 0 Å². The van der Waals surface area contributed by atoms with Crippen molar-refractivity contribution in [2.75, 3.05) is 0 Å². The lowest BCUT2D eigenvalue weighted by Gasteiger charge is -2.10. The van der Waals surface area contributed by atoms with Gasteiger partial charge in [0.1, 0.15) is 6.04 Å². The maximum atomic E-state index is 12.0. The van der Waals surface area contributed by atoms with Gasteiger partial charge in [-0.1, -0.05) is 60.7 Å². The molecule has 0 saturated carbocycles. The van der Waals surface area contributed by atoms with Gasteiger partial charge >= 0.3 is 5.97 Å². The zero-order valence-electron chi connectivity index (χ0n) is 13.1. The van der Waals surface area contributed by atoms with E-state index in [1.54, 1.807) is 12.1 Å². The number of hydrogen-bond donors (Lipinski definition) is 3. The van der Waals surface area contributed by atoms with Crippen LogP contribution in [0.15, 0.2) is 60.7 Å². The number of ketones is 1. The molecule has 0 fully saturated rings. The van der Waals surface area contributed by atoms with Crippen LogP contribution in [0, 0.1) is 0 Å². The molecule has 2 aromatic rings. The minimum absolute atomic E-state index is 0.00514. The molecule has 2 rings (SSSR count). The molecule has 5 heteroatoms. The van der Waals surface area contributed by atoms with Gasteiger partial charge in [-0.3, -0.25) is 9.59 Å². The second-order valence-corrected chi connectivity index (χ2v) is 5.15. The number of benzene rings is 2. The predicted molar refractivity (Wildman–Crippen MR) is 90.2 cm³/mol. The first-order valence-electron chi connectivity index (χ1n) is 7.29. The molecule has 0 radical (unpaired) electrons. The van der Waals surface area contributed by atoms with E-state index in [0.29, 0.717) is 12.0 Å². The first-order chi connectivity index (χ1) is 10.9. The van der Waals surface area contributed by atoms with E-state index in [9.17, 15) is 9.59 Å². The molecule has 0 amide bonds. The maximum absolute atomic E-state index is 12.0. The number of carboxylic acids is 1. The average Bonchev–Trinajstić information content (AvgIpc) is 2.56. The van der Waals surface area contributed by atoms with Crippen LogP contribution in [-0.4, -0.2) is 28.9 Å². The minimum Gasteiger partial charge on any atom is -0.480 e. The highest BCUT2D eigenvalue weighted by Gasteiger charge is 2.15. The SMILES string of the molecule is CC(N)C(=O)O.NC(Cc1ccccc1)C(=O)c1ccccc1. The lowest BCUT2D eigenvalue weighted by molar-refractivity contribution is -0.138. The van der Waals surface area contributed by atoms with Gasteiger partial charge in [0.25, 0.3) is 0 Å². The third-order valence-corrected chi connectivity index (χ3v) is 3.08. The molecule has 0 aliphatic carbocycles. The molecule has 0 aromatic heterocycles. The number of carboxylic acid groups (broad SMARTS) is 1. The summed E-state index contributed by atoms with van der Waals surface area (Å²) >= 11 is 0. The lowest BCUT2D eigenvalue weighted by atomic mass is 9.98. The highest BCUT2D eigenvalue weighted by molar-refractivity contribution is 6.00. The van der Waals surface area contributed by atoms with E-state index in [4.69, 9.17) is 16.6 Å². The van der Waals surface area contributed by atoms with Gasteiger partial charge in [0.2, 0.25) is 0 Å². The first kappa shape index (κ1) is 18.5. The summed E-state index contributed by atoms with van der Waals surface area (Å²) in [4.78, 5) is 21.6. The smallest absolute Gasteiger partial charge is 0.320 e. The molecule has 122 valence electrons. The second-order valence-electron chi connectivity index (χ2n) is 5.15. The van der Waals surface area contributed by atoms with Crippen LogP contribution in [0.25, 0.3) is 0 Å². The first-order valence-corrected chi connectivity index (χ1v) is 7.29. The normalized spacial score (nSPS) is 12.5. The molecule has 0 aliphatic heterocycles. The summed E-state index contributed by atoms with van der Waals surface area (Å²) in [5.74, 6) is -0.968. The molecule has 2 atom stereocenters. The molecule has 2 aromatic carbocycles. The monoisotopic (exact) mass is 314 g/mol. The molecule has 0 bridgehead atoms. The molecule has 0 aliphatic rings. The van der Waals surface area contributed by atoms with Crippen molar-refractivity contribution in [1.82, 2.24) is 0 Å². The summed E-state index contributed by atoms with van der Waals surface area (Å²) < 4.78 is 0. The Bertz CT molecular complexity index is 613. The highest BCUT2D eigenvalue weighted by atomic mass is 16.4. The van der Waals surface area contributed by atoms with Crippen molar-refractivity contribution >= 4 is 11.8 Å². The van der Waals surface area contributed by atoms with E-state index in [1.165, 1.54) is 6.92 Å². The van der Waals surface area contributed by atoms with Crippen molar-refractivity contribution in [2.24, 2.45) is 11.5 Å². The largest absolute Gasteiger partial charge is 0.480 e. The quantitative estimate of drug-likeness (QED) is 0.730. The zero-order valence-corrected chi connectivity index (χ0v) is 13.1. The fourth-order valence-corrected chi connectivity index (χ4v) is 1.78. The molecule has 0 spiro atoms.